The standard InChI is InChI=1S/C24H27Cl2N7O4/c1-5-18(34)31-9-14(10-31)30-11-15(12-30)33-22-13(7-28-23(27-2)29-22)8-32(24(33)35)21-19(25)16(36-3)6-17(37-4)20(21)26/h5-7,14-15H,1,8-12H2,2-4H3,(H,27,28,29). The zero-order chi connectivity index (χ0) is 26.4. The van der Waals surface area contributed by atoms with Crippen LogP contribution in [-0.2, 0) is 11.3 Å². The molecule has 1 aromatic carbocycles. The first-order valence-electron chi connectivity index (χ1n) is 11.7. The summed E-state index contributed by atoms with van der Waals surface area (Å²) in [6.07, 6.45) is 3.02. The smallest absolute Gasteiger partial charge is 0.330 e. The number of halogens is 2. The molecule has 3 aliphatic heterocycles. The second-order valence-corrected chi connectivity index (χ2v) is 9.75. The number of methoxy groups -OCH3 is 2. The third-order valence-corrected chi connectivity index (χ3v) is 7.73. The zero-order valence-electron chi connectivity index (χ0n) is 20.7. The first-order valence-corrected chi connectivity index (χ1v) is 12.5. The molecule has 13 heteroatoms. The first-order chi connectivity index (χ1) is 17.8. The van der Waals surface area contributed by atoms with Gasteiger partial charge in [-0.3, -0.25) is 19.5 Å². The van der Waals surface area contributed by atoms with Crippen molar-refractivity contribution in [1.82, 2.24) is 19.8 Å². The number of anilines is 3. The van der Waals surface area contributed by atoms with E-state index in [1.165, 1.54) is 25.2 Å². The van der Waals surface area contributed by atoms with Crippen LogP contribution in [0.4, 0.5) is 22.2 Å². The molecule has 0 spiro atoms. The Morgan fingerprint density at radius 3 is 2.35 bits per heavy atom. The van der Waals surface area contributed by atoms with E-state index in [1.807, 2.05) is 0 Å². The average Bonchev–Trinajstić information content (AvgIpc) is 2.85. The lowest BCUT2D eigenvalue weighted by molar-refractivity contribution is -0.134. The van der Waals surface area contributed by atoms with E-state index in [4.69, 9.17) is 32.7 Å². The van der Waals surface area contributed by atoms with Crippen molar-refractivity contribution in [3.8, 4) is 11.5 Å². The predicted molar refractivity (Wildman–Crippen MR) is 141 cm³/mol. The molecule has 4 heterocycles. The molecule has 0 radical (unpaired) electrons. The number of ether oxygens (including phenoxy) is 2. The van der Waals surface area contributed by atoms with Crippen LogP contribution in [0, 0.1) is 0 Å². The van der Waals surface area contributed by atoms with Gasteiger partial charge >= 0.3 is 6.03 Å². The number of amides is 3. The van der Waals surface area contributed by atoms with Gasteiger partial charge in [0.2, 0.25) is 11.9 Å². The highest BCUT2D eigenvalue weighted by Gasteiger charge is 2.47. The second kappa shape index (κ2) is 9.88. The topological polar surface area (TPSA) is 103 Å². The minimum absolute atomic E-state index is 0.0668. The van der Waals surface area contributed by atoms with Crippen LogP contribution in [0.1, 0.15) is 5.56 Å². The quantitative estimate of drug-likeness (QED) is 0.528. The number of aromatic nitrogens is 2. The van der Waals surface area contributed by atoms with Crippen LogP contribution in [0.3, 0.4) is 0 Å². The van der Waals surface area contributed by atoms with Crippen LogP contribution in [0.15, 0.2) is 24.9 Å². The fraction of sp³-hybridized carbons (Fsp3) is 0.417. The molecule has 37 heavy (non-hydrogen) atoms. The van der Waals surface area contributed by atoms with E-state index < -0.39 is 0 Å². The Kier molecular flexibility index (Phi) is 6.78. The molecule has 196 valence electrons. The van der Waals surface area contributed by atoms with E-state index in [0.29, 0.717) is 55.1 Å². The molecule has 3 aliphatic rings. The molecule has 2 aromatic rings. The fourth-order valence-corrected chi connectivity index (χ4v) is 5.56. The van der Waals surface area contributed by atoms with Gasteiger partial charge in [-0.1, -0.05) is 29.8 Å². The lowest BCUT2D eigenvalue weighted by Crippen LogP contribution is -2.72. The SMILES string of the molecule is C=CC(=O)N1CC(N2CC(N3C(=O)N(c4c(Cl)c(OC)cc(OC)c4Cl)Cc4cnc(NC)nc43)C2)C1. The minimum atomic E-state index is -0.311. The van der Waals surface area contributed by atoms with Crippen LogP contribution in [0.25, 0.3) is 0 Å². The van der Waals surface area contributed by atoms with E-state index >= 15 is 0 Å². The highest BCUT2D eigenvalue weighted by atomic mass is 35.5. The zero-order valence-corrected chi connectivity index (χ0v) is 22.2. The number of carbonyl (C=O) groups excluding carboxylic acids is 2. The average molecular weight is 548 g/mol. The van der Waals surface area contributed by atoms with Crippen LogP contribution in [0.2, 0.25) is 10.0 Å². The Bertz CT molecular complexity index is 1240. The van der Waals surface area contributed by atoms with Gasteiger partial charge in [-0.2, -0.15) is 4.98 Å². The summed E-state index contributed by atoms with van der Waals surface area (Å²) in [5.41, 5.74) is 1.05. The number of carbonyl (C=O) groups is 2. The summed E-state index contributed by atoms with van der Waals surface area (Å²) in [6.45, 7) is 6.29. The van der Waals surface area contributed by atoms with Crippen LogP contribution < -0.4 is 24.6 Å². The van der Waals surface area contributed by atoms with Gasteiger partial charge in [-0.05, 0) is 6.08 Å². The third kappa shape index (κ3) is 4.20. The molecular formula is C24H27Cl2N7O4. The molecular weight excluding hydrogens is 521 g/mol. The number of fused-ring (bicyclic) bond motifs is 1. The summed E-state index contributed by atoms with van der Waals surface area (Å²) in [4.78, 5) is 42.0. The van der Waals surface area contributed by atoms with E-state index in [0.717, 1.165) is 5.56 Å². The summed E-state index contributed by atoms with van der Waals surface area (Å²) in [5, 5.41) is 3.35. The maximum atomic E-state index is 14.1. The first kappa shape index (κ1) is 25.4. The number of benzene rings is 1. The van der Waals surface area contributed by atoms with Crippen molar-refractivity contribution in [1.29, 1.82) is 0 Å². The van der Waals surface area contributed by atoms with Gasteiger partial charge in [0, 0.05) is 57.1 Å². The van der Waals surface area contributed by atoms with Gasteiger partial charge in [-0.25, -0.2) is 9.78 Å². The highest BCUT2D eigenvalue weighted by molar-refractivity contribution is 6.42. The monoisotopic (exact) mass is 547 g/mol. The summed E-state index contributed by atoms with van der Waals surface area (Å²) >= 11 is 13.3. The molecule has 2 saturated heterocycles. The van der Waals surface area contributed by atoms with Crippen molar-refractivity contribution in [2.75, 3.05) is 62.6 Å². The fourth-order valence-electron chi connectivity index (χ4n) is 4.86. The van der Waals surface area contributed by atoms with Crippen LogP contribution in [-0.4, -0.2) is 91.2 Å². The van der Waals surface area contributed by atoms with E-state index in [2.05, 4.69) is 26.8 Å². The van der Waals surface area contributed by atoms with Crippen molar-refractivity contribution < 1.29 is 19.1 Å². The molecule has 3 amide bonds. The van der Waals surface area contributed by atoms with Crippen molar-refractivity contribution in [3.63, 3.8) is 0 Å². The molecule has 5 rings (SSSR count). The normalized spacial score (nSPS) is 18.2. The van der Waals surface area contributed by atoms with E-state index in [1.54, 1.807) is 29.1 Å². The van der Waals surface area contributed by atoms with Gasteiger partial charge in [-0.15, -0.1) is 0 Å². The summed E-state index contributed by atoms with van der Waals surface area (Å²) in [5.74, 6) is 1.57. The predicted octanol–water partition coefficient (Wildman–Crippen LogP) is 2.87. The maximum Gasteiger partial charge on any atom is 0.330 e. The highest BCUT2D eigenvalue weighted by Crippen LogP contribution is 2.48. The number of likely N-dealkylation sites (tertiary alicyclic amines) is 2. The summed E-state index contributed by atoms with van der Waals surface area (Å²) < 4.78 is 10.8. The Morgan fingerprint density at radius 1 is 1.14 bits per heavy atom. The maximum absolute atomic E-state index is 14.1. The van der Waals surface area contributed by atoms with Crippen molar-refractivity contribution >= 4 is 52.6 Å². The third-order valence-electron chi connectivity index (χ3n) is 7.00. The number of nitrogens with one attached hydrogen (secondary N) is 1. The number of rotatable bonds is 7. The van der Waals surface area contributed by atoms with E-state index in [9.17, 15) is 9.59 Å². The minimum Gasteiger partial charge on any atom is -0.495 e. The van der Waals surface area contributed by atoms with Crippen molar-refractivity contribution in [2.24, 2.45) is 0 Å². The lowest BCUT2D eigenvalue weighted by Gasteiger charge is -2.54. The molecule has 0 unspecified atom stereocenters. The Hall–Kier alpha value is -3.28. The Labute approximate surface area is 224 Å². The number of nitrogens with zero attached hydrogens (tertiary/aromatic N) is 6. The van der Waals surface area contributed by atoms with E-state index in [-0.39, 0.29) is 40.6 Å². The second-order valence-electron chi connectivity index (χ2n) is 9.00. The molecule has 0 atom stereocenters. The number of urea groups is 1. The lowest BCUT2D eigenvalue weighted by atomic mass is 9.97. The molecule has 1 N–H and O–H groups in total. The number of hydrogen-bond donors (Lipinski definition) is 1. The number of hydrogen-bond acceptors (Lipinski definition) is 8. The Morgan fingerprint density at radius 2 is 1.78 bits per heavy atom. The molecule has 2 fully saturated rings. The van der Waals surface area contributed by atoms with Gasteiger partial charge in [0.05, 0.1) is 32.5 Å². The summed E-state index contributed by atoms with van der Waals surface area (Å²) in [6, 6.07) is 1.39. The largest absolute Gasteiger partial charge is 0.495 e. The molecule has 1 aromatic heterocycles. The molecule has 0 aliphatic carbocycles. The van der Waals surface area contributed by atoms with Gasteiger partial charge in [0.1, 0.15) is 27.4 Å². The molecule has 0 saturated carbocycles. The summed E-state index contributed by atoms with van der Waals surface area (Å²) in [7, 11) is 4.69. The van der Waals surface area contributed by atoms with Crippen LogP contribution >= 0.6 is 23.2 Å². The van der Waals surface area contributed by atoms with Crippen LogP contribution in [0.5, 0.6) is 11.5 Å². The Balaban J connectivity index is 1.46. The molecule has 11 nitrogen and oxygen atoms in total. The van der Waals surface area contributed by atoms with Crippen molar-refractivity contribution in [3.05, 3.63) is 40.5 Å². The van der Waals surface area contributed by atoms with Gasteiger partial charge in [0.25, 0.3) is 0 Å². The van der Waals surface area contributed by atoms with Crippen molar-refractivity contribution in [2.45, 2.75) is 18.6 Å². The molecule has 0 bridgehead atoms. The van der Waals surface area contributed by atoms with Gasteiger partial charge in [0.15, 0.2) is 0 Å². The van der Waals surface area contributed by atoms with Gasteiger partial charge < -0.3 is 19.7 Å².